The van der Waals surface area contributed by atoms with Crippen LogP contribution in [-0.4, -0.2) is 35.6 Å². The monoisotopic (exact) mass is 281 g/mol. The molecule has 0 aromatic heterocycles. The van der Waals surface area contributed by atoms with Gasteiger partial charge in [-0.1, -0.05) is 26.2 Å². The number of aliphatic hydroxyl groups is 1. The average molecular weight is 281 g/mol. The lowest BCUT2D eigenvalue weighted by Crippen LogP contribution is -2.44. The first kappa shape index (κ1) is 15.8. The molecule has 116 valence electrons. The maximum Gasteiger partial charge on any atom is 0.225 e. The first-order valence-electron chi connectivity index (χ1n) is 8.64. The van der Waals surface area contributed by atoms with Gasteiger partial charge in [-0.3, -0.25) is 4.79 Å². The summed E-state index contributed by atoms with van der Waals surface area (Å²) in [5.74, 6) is 1.82. The Labute approximate surface area is 123 Å². The molecule has 1 saturated heterocycles. The average Bonchev–Trinajstić information content (AvgIpc) is 2.52. The zero-order valence-corrected chi connectivity index (χ0v) is 13.0. The molecule has 1 atom stereocenters. The molecular formula is C17H31NO2. The first-order chi connectivity index (χ1) is 9.74. The summed E-state index contributed by atoms with van der Waals surface area (Å²) in [5.41, 5.74) is 0. The minimum atomic E-state index is 0.230. The highest BCUT2D eigenvalue weighted by atomic mass is 16.3. The van der Waals surface area contributed by atoms with Crippen molar-refractivity contribution >= 4 is 5.91 Å². The molecule has 0 aromatic rings. The van der Waals surface area contributed by atoms with Gasteiger partial charge in [0.05, 0.1) is 0 Å². The number of hydrogen-bond donors (Lipinski definition) is 1. The molecule has 1 saturated carbocycles. The summed E-state index contributed by atoms with van der Waals surface area (Å²) in [7, 11) is 0. The molecule has 20 heavy (non-hydrogen) atoms. The van der Waals surface area contributed by atoms with Gasteiger partial charge in [-0.2, -0.15) is 0 Å². The van der Waals surface area contributed by atoms with E-state index in [0.717, 1.165) is 44.7 Å². The van der Waals surface area contributed by atoms with Crippen LogP contribution in [0.2, 0.25) is 0 Å². The van der Waals surface area contributed by atoms with Gasteiger partial charge >= 0.3 is 0 Å². The van der Waals surface area contributed by atoms with E-state index in [0.29, 0.717) is 11.8 Å². The molecule has 1 unspecified atom stereocenters. The highest BCUT2D eigenvalue weighted by Crippen LogP contribution is 2.33. The fourth-order valence-electron chi connectivity index (χ4n) is 3.86. The number of aliphatic hydroxyl groups excluding tert-OH is 1. The fourth-order valence-corrected chi connectivity index (χ4v) is 3.86. The lowest BCUT2D eigenvalue weighted by atomic mass is 9.79. The zero-order chi connectivity index (χ0) is 14.4. The Morgan fingerprint density at radius 3 is 2.55 bits per heavy atom. The molecule has 3 nitrogen and oxygen atoms in total. The van der Waals surface area contributed by atoms with Crippen molar-refractivity contribution < 1.29 is 9.90 Å². The third-order valence-electron chi connectivity index (χ3n) is 5.25. The van der Waals surface area contributed by atoms with Crippen LogP contribution >= 0.6 is 0 Å². The van der Waals surface area contributed by atoms with Crippen molar-refractivity contribution in [1.82, 2.24) is 4.90 Å². The Bertz CT molecular complexity index is 297. The van der Waals surface area contributed by atoms with Crippen molar-refractivity contribution in [2.45, 2.75) is 64.7 Å². The molecular weight excluding hydrogens is 250 g/mol. The van der Waals surface area contributed by atoms with Crippen LogP contribution in [0.3, 0.4) is 0 Å². The molecule has 1 amide bonds. The van der Waals surface area contributed by atoms with Gasteiger partial charge in [0.1, 0.15) is 0 Å². The van der Waals surface area contributed by atoms with E-state index < -0.39 is 0 Å². The van der Waals surface area contributed by atoms with Crippen molar-refractivity contribution in [2.75, 3.05) is 19.7 Å². The Hall–Kier alpha value is -0.570. The Morgan fingerprint density at radius 1 is 1.15 bits per heavy atom. The van der Waals surface area contributed by atoms with Crippen molar-refractivity contribution in [3.05, 3.63) is 0 Å². The van der Waals surface area contributed by atoms with Crippen molar-refractivity contribution in [3.8, 4) is 0 Å². The minimum absolute atomic E-state index is 0.230. The van der Waals surface area contributed by atoms with Crippen molar-refractivity contribution in [1.29, 1.82) is 0 Å². The van der Waals surface area contributed by atoms with Crippen LogP contribution in [-0.2, 0) is 4.79 Å². The fraction of sp³-hybridized carbons (Fsp3) is 0.941. The topological polar surface area (TPSA) is 40.5 Å². The van der Waals surface area contributed by atoms with Gasteiger partial charge < -0.3 is 10.0 Å². The van der Waals surface area contributed by atoms with E-state index in [9.17, 15) is 9.90 Å². The smallest absolute Gasteiger partial charge is 0.225 e. The van der Waals surface area contributed by atoms with E-state index >= 15 is 0 Å². The van der Waals surface area contributed by atoms with Gasteiger partial charge in [0.15, 0.2) is 0 Å². The number of carbonyl (C=O) groups is 1. The summed E-state index contributed by atoms with van der Waals surface area (Å²) in [6.07, 6.45) is 10.8. The lowest BCUT2D eigenvalue weighted by Gasteiger charge is -2.36. The zero-order valence-electron chi connectivity index (χ0n) is 13.0. The highest BCUT2D eigenvalue weighted by molar-refractivity contribution is 5.79. The van der Waals surface area contributed by atoms with Crippen LogP contribution in [0.15, 0.2) is 0 Å². The van der Waals surface area contributed by atoms with Gasteiger partial charge in [-0.15, -0.1) is 0 Å². The predicted octanol–water partition coefficient (Wildman–Crippen LogP) is 3.21. The summed E-state index contributed by atoms with van der Waals surface area (Å²) in [5, 5.41) is 9.28. The van der Waals surface area contributed by atoms with Gasteiger partial charge in [0, 0.05) is 25.6 Å². The molecule has 3 heteroatoms. The Kier molecular flexibility index (Phi) is 6.34. The number of hydrogen-bond acceptors (Lipinski definition) is 2. The quantitative estimate of drug-likeness (QED) is 0.840. The molecule has 1 aliphatic carbocycles. The first-order valence-corrected chi connectivity index (χ1v) is 8.64. The van der Waals surface area contributed by atoms with Crippen LogP contribution in [0.5, 0.6) is 0 Å². The Balaban J connectivity index is 1.76. The lowest BCUT2D eigenvalue weighted by molar-refractivity contribution is -0.139. The second-order valence-corrected chi connectivity index (χ2v) is 6.83. The summed E-state index contributed by atoms with van der Waals surface area (Å²) < 4.78 is 0. The number of amides is 1. The number of unbranched alkanes of at least 4 members (excludes halogenated alkanes) is 1. The number of carbonyl (C=O) groups excluding carboxylic acids is 1. The predicted molar refractivity (Wildman–Crippen MR) is 81.4 cm³/mol. The van der Waals surface area contributed by atoms with E-state index in [-0.39, 0.29) is 12.5 Å². The van der Waals surface area contributed by atoms with Crippen LogP contribution in [0.4, 0.5) is 0 Å². The van der Waals surface area contributed by atoms with Crippen LogP contribution in [0.1, 0.15) is 64.7 Å². The third kappa shape index (κ3) is 4.21. The highest BCUT2D eigenvalue weighted by Gasteiger charge is 2.31. The maximum absolute atomic E-state index is 12.6. The second kappa shape index (κ2) is 8.02. The maximum atomic E-state index is 12.6. The molecule has 0 radical (unpaired) electrons. The van der Waals surface area contributed by atoms with Gasteiger partial charge in [-0.25, -0.2) is 0 Å². The molecule has 1 aliphatic heterocycles. The van der Waals surface area contributed by atoms with E-state index in [2.05, 4.69) is 6.92 Å². The van der Waals surface area contributed by atoms with E-state index in [1.54, 1.807) is 0 Å². The SMILES string of the molecule is CCCCC1CCC(C(=O)N2CCCC(CO)C2)CC1. The molecule has 0 bridgehead atoms. The molecule has 2 rings (SSSR count). The summed E-state index contributed by atoms with van der Waals surface area (Å²) in [6, 6.07) is 0. The minimum Gasteiger partial charge on any atom is -0.396 e. The molecule has 2 fully saturated rings. The molecule has 0 aromatic carbocycles. The molecule has 0 spiro atoms. The van der Waals surface area contributed by atoms with Crippen molar-refractivity contribution in [3.63, 3.8) is 0 Å². The number of likely N-dealkylation sites (tertiary alicyclic amines) is 1. The van der Waals surface area contributed by atoms with E-state index in [1.165, 1.54) is 32.1 Å². The Morgan fingerprint density at radius 2 is 1.90 bits per heavy atom. The number of piperidine rings is 1. The summed E-state index contributed by atoms with van der Waals surface area (Å²) in [4.78, 5) is 14.6. The van der Waals surface area contributed by atoms with Gasteiger partial charge in [0.2, 0.25) is 5.91 Å². The number of rotatable bonds is 5. The largest absolute Gasteiger partial charge is 0.396 e. The van der Waals surface area contributed by atoms with Crippen LogP contribution < -0.4 is 0 Å². The number of nitrogens with zero attached hydrogens (tertiary/aromatic N) is 1. The standard InChI is InChI=1S/C17H31NO2/c1-2-3-5-14-7-9-16(10-8-14)17(20)18-11-4-6-15(12-18)13-19/h14-16,19H,2-13H2,1H3. The molecule has 1 N–H and O–H groups in total. The summed E-state index contributed by atoms with van der Waals surface area (Å²) >= 11 is 0. The van der Waals surface area contributed by atoms with E-state index in [1.807, 2.05) is 4.90 Å². The van der Waals surface area contributed by atoms with Gasteiger partial charge in [-0.05, 0) is 50.4 Å². The van der Waals surface area contributed by atoms with Gasteiger partial charge in [0.25, 0.3) is 0 Å². The molecule has 1 heterocycles. The van der Waals surface area contributed by atoms with E-state index in [4.69, 9.17) is 0 Å². The van der Waals surface area contributed by atoms with Crippen LogP contribution in [0.25, 0.3) is 0 Å². The summed E-state index contributed by atoms with van der Waals surface area (Å²) in [6.45, 7) is 4.17. The third-order valence-corrected chi connectivity index (χ3v) is 5.25. The van der Waals surface area contributed by atoms with Crippen molar-refractivity contribution in [2.24, 2.45) is 17.8 Å². The molecule has 2 aliphatic rings. The second-order valence-electron chi connectivity index (χ2n) is 6.83. The normalized spacial score (nSPS) is 31.3. The van der Waals surface area contributed by atoms with Crippen LogP contribution in [0, 0.1) is 17.8 Å².